The maximum Gasteiger partial charge on any atom is 0.241 e. The number of carbonyl (C=O) groups excluding carboxylic acids is 1. The lowest BCUT2D eigenvalue weighted by molar-refractivity contribution is -0.136. The van der Waals surface area contributed by atoms with Crippen LogP contribution in [0.1, 0.15) is 19.3 Å². The normalized spacial score (nSPS) is 27.1. The van der Waals surface area contributed by atoms with Crippen LogP contribution in [0.15, 0.2) is 36.5 Å². The standard InChI is InChI=1S/C19H26N4O2/c1-25-16-6-4-9-23(13-16)19(24)17-11-15(20-21-17)12-22-10-8-14-5-2-3-7-18(14)22/h2-3,5,7-8,10,15-17,20-21H,4,6,9,11-13H2,1H3. The molecule has 0 bridgehead atoms. The minimum atomic E-state index is -0.151. The second-order valence-electron chi connectivity index (χ2n) is 7.08. The first kappa shape index (κ1) is 16.6. The summed E-state index contributed by atoms with van der Waals surface area (Å²) in [4.78, 5) is 14.7. The molecule has 0 radical (unpaired) electrons. The van der Waals surface area contributed by atoms with Gasteiger partial charge in [-0.15, -0.1) is 0 Å². The van der Waals surface area contributed by atoms with Gasteiger partial charge in [-0.3, -0.25) is 10.2 Å². The van der Waals surface area contributed by atoms with E-state index < -0.39 is 0 Å². The average Bonchev–Trinajstić information content (AvgIpc) is 3.29. The molecule has 6 nitrogen and oxygen atoms in total. The molecule has 2 N–H and O–H groups in total. The van der Waals surface area contributed by atoms with E-state index in [1.807, 2.05) is 4.90 Å². The number of hydrogen-bond acceptors (Lipinski definition) is 4. The zero-order valence-electron chi connectivity index (χ0n) is 14.6. The van der Waals surface area contributed by atoms with E-state index in [-0.39, 0.29) is 24.1 Å². The molecular weight excluding hydrogens is 316 g/mol. The molecule has 6 heteroatoms. The minimum Gasteiger partial charge on any atom is -0.380 e. The number of para-hydroxylation sites is 1. The Balaban J connectivity index is 1.37. The molecule has 2 saturated heterocycles. The molecule has 4 rings (SSSR count). The van der Waals surface area contributed by atoms with E-state index in [0.717, 1.165) is 32.4 Å². The second-order valence-corrected chi connectivity index (χ2v) is 7.08. The highest BCUT2D eigenvalue weighted by molar-refractivity contribution is 5.82. The average molecular weight is 342 g/mol. The van der Waals surface area contributed by atoms with E-state index in [1.165, 1.54) is 10.9 Å². The number of rotatable bonds is 4. The van der Waals surface area contributed by atoms with Crippen LogP contribution in [-0.2, 0) is 16.1 Å². The van der Waals surface area contributed by atoms with Crippen LogP contribution < -0.4 is 10.9 Å². The first-order chi connectivity index (χ1) is 12.2. The number of fused-ring (bicyclic) bond motifs is 1. The van der Waals surface area contributed by atoms with Crippen molar-refractivity contribution in [3.8, 4) is 0 Å². The van der Waals surface area contributed by atoms with Crippen molar-refractivity contribution in [3.05, 3.63) is 36.5 Å². The van der Waals surface area contributed by atoms with Crippen LogP contribution in [0, 0.1) is 0 Å². The first-order valence-corrected chi connectivity index (χ1v) is 9.11. The Kier molecular flexibility index (Phi) is 4.74. The topological polar surface area (TPSA) is 58.5 Å². The summed E-state index contributed by atoms with van der Waals surface area (Å²) in [5.74, 6) is 0.189. The predicted molar refractivity (Wildman–Crippen MR) is 97.0 cm³/mol. The molecule has 3 atom stereocenters. The van der Waals surface area contributed by atoms with Gasteiger partial charge in [0.25, 0.3) is 0 Å². The van der Waals surface area contributed by atoms with Crippen LogP contribution in [-0.4, -0.2) is 53.8 Å². The molecule has 1 amide bonds. The Morgan fingerprint density at radius 3 is 3.04 bits per heavy atom. The third-order valence-corrected chi connectivity index (χ3v) is 5.40. The van der Waals surface area contributed by atoms with Gasteiger partial charge in [-0.05, 0) is 36.8 Å². The molecule has 134 valence electrons. The molecule has 2 aliphatic heterocycles. The summed E-state index contributed by atoms with van der Waals surface area (Å²) in [7, 11) is 1.73. The van der Waals surface area contributed by atoms with Crippen LogP contribution in [0.5, 0.6) is 0 Å². The fourth-order valence-electron chi connectivity index (χ4n) is 3.99. The number of aromatic nitrogens is 1. The number of likely N-dealkylation sites (tertiary alicyclic amines) is 1. The third-order valence-electron chi connectivity index (χ3n) is 5.40. The number of benzene rings is 1. The van der Waals surface area contributed by atoms with Crippen molar-refractivity contribution in [1.82, 2.24) is 20.3 Å². The molecule has 2 aromatic rings. The number of hydrazine groups is 1. The van der Waals surface area contributed by atoms with Crippen LogP contribution >= 0.6 is 0 Å². The molecule has 1 aromatic heterocycles. The van der Waals surface area contributed by atoms with Gasteiger partial charge in [0.15, 0.2) is 0 Å². The van der Waals surface area contributed by atoms with Crippen molar-refractivity contribution in [2.45, 2.75) is 44.0 Å². The van der Waals surface area contributed by atoms with Gasteiger partial charge >= 0.3 is 0 Å². The van der Waals surface area contributed by atoms with Gasteiger partial charge in [0.2, 0.25) is 5.91 Å². The fourth-order valence-corrected chi connectivity index (χ4v) is 3.99. The molecular formula is C19H26N4O2. The molecule has 0 saturated carbocycles. The summed E-state index contributed by atoms with van der Waals surface area (Å²) in [5, 5.41) is 1.25. The van der Waals surface area contributed by atoms with Crippen molar-refractivity contribution >= 4 is 16.8 Å². The second kappa shape index (κ2) is 7.15. The minimum absolute atomic E-state index is 0.151. The lowest BCUT2D eigenvalue weighted by Gasteiger charge is -2.33. The summed E-state index contributed by atoms with van der Waals surface area (Å²) < 4.78 is 7.69. The monoisotopic (exact) mass is 342 g/mol. The number of piperidine rings is 1. The van der Waals surface area contributed by atoms with E-state index >= 15 is 0 Å². The van der Waals surface area contributed by atoms with Crippen LogP contribution in [0.3, 0.4) is 0 Å². The Morgan fingerprint density at radius 2 is 2.16 bits per heavy atom. The maximum atomic E-state index is 12.8. The number of nitrogens with zero attached hydrogens (tertiary/aromatic N) is 2. The van der Waals surface area contributed by atoms with Gasteiger partial charge in [-0.25, -0.2) is 5.43 Å². The SMILES string of the molecule is COC1CCCN(C(=O)C2CC(Cn3ccc4ccccc43)NN2)C1. The number of ether oxygens (including phenoxy) is 1. The number of nitrogens with one attached hydrogen (secondary N) is 2. The van der Waals surface area contributed by atoms with E-state index in [2.05, 4.69) is 51.9 Å². The molecule has 1 aromatic carbocycles. The smallest absolute Gasteiger partial charge is 0.241 e. The summed E-state index contributed by atoms with van der Waals surface area (Å²) >= 11 is 0. The highest BCUT2D eigenvalue weighted by atomic mass is 16.5. The van der Waals surface area contributed by atoms with E-state index in [4.69, 9.17) is 4.74 Å². The van der Waals surface area contributed by atoms with Gasteiger partial charge in [0.05, 0.1) is 6.10 Å². The van der Waals surface area contributed by atoms with Crippen LogP contribution in [0.2, 0.25) is 0 Å². The molecule has 2 fully saturated rings. The van der Waals surface area contributed by atoms with Gasteiger partial charge < -0.3 is 14.2 Å². The Hall–Kier alpha value is -1.89. The van der Waals surface area contributed by atoms with Crippen molar-refractivity contribution in [3.63, 3.8) is 0 Å². The van der Waals surface area contributed by atoms with Crippen molar-refractivity contribution in [2.75, 3.05) is 20.2 Å². The Bertz CT molecular complexity index is 744. The highest BCUT2D eigenvalue weighted by Gasteiger charge is 2.34. The fraction of sp³-hybridized carbons (Fsp3) is 0.526. The summed E-state index contributed by atoms with van der Waals surface area (Å²) in [6.45, 7) is 2.40. The van der Waals surface area contributed by atoms with Gasteiger partial charge in [0, 0.05) is 44.5 Å². The van der Waals surface area contributed by atoms with Gasteiger partial charge in [0.1, 0.15) is 6.04 Å². The van der Waals surface area contributed by atoms with Crippen molar-refractivity contribution in [1.29, 1.82) is 0 Å². The Labute approximate surface area is 148 Å². The number of amides is 1. The molecule has 0 aliphatic carbocycles. The van der Waals surface area contributed by atoms with Crippen molar-refractivity contribution < 1.29 is 9.53 Å². The summed E-state index contributed by atoms with van der Waals surface area (Å²) in [6, 6.07) is 10.6. The number of methoxy groups -OCH3 is 1. The third kappa shape index (κ3) is 3.42. The van der Waals surface area contributed by atoms with E-state index in [1.54, 1.807) is 7.11 Å². The zero-order valence-corrected chi connectivity index (χ0v) is 14.6. The zero-order chi connectivity index (χ0) is 17.2. The van der Waals surface area contributed by atoms with Crippen molar-refractivity contribution in [2.24, 2.45) is 0 Å². The lowest BCUT2D eigenvalue weighted by atomic mass is 10.0. The quantitative estimate of drug-likeness (QED) is 0.884. The molecule has 3 unspecified atom stereocenters. The van der Waals surface area contributed by atoms with E-state index in [9.17, 15) is 4.79 Å². The maximum absolute atomic E-state index is 12.8. The molecule has 3 heterocycles. The summed E-state index contributed by atoms with van der Waals surface area (Å²) in [6.07, 6.45) is 5.16. The first-order valence-electron chi connectivity index (χ1n) is 9.11. The molecule has 2 aliphatic rings. The van der Waals surface area contributed by atoms with Gasteiger partial charge in [-0.1, -0.05) is 18.2 Å². The lowest BCUT2D eigenvalue weighted by Crippen LogP contribution is -2.50. The summed E-state index contributed by atoms with van der Waals surface area (Å²) in [5.41, 5.74) is 7.74. The van der Waals surface area contributed by atoms with Crippen LogP contribution in [0.4, 0.5) is 0 Å². The van der Waals surface area contributed by atoms with E-state index in [0.29, 0.717) is 6.54 Å². The number of hydrogen-bond donors (Lipinski definition) is 2. The largest absolute Gasteiger partial charge is 0.380 e. The van der Waals surface area contributed by atoms with Gasteiger partial charge in [-0.2, -0.15) is 0 Å². The predicted octanol–water partition coefficient (Wildman–Crippen LogP) is 1.51. The van der Waals surface area contributed by atoms with Crippen LogP contribution in [0.25, 0.3) is 10.9 Å². The Morgan fingerprint density at radius 1 is 1.28 bits per heavy atom. The highest BCUT2D eigenvalue weighted by Crippen LogP contribution is 2.19. The molecule has 0 spiro atoms. The number of carbonyl (C=O) groups is 1. The molecule has 25 heavy (non-hydrogen) atoms.